The summed E-state index contributed by atoms with van der Waals surface area (Å²) in [6, 6.07) is 1.91. The van der Waals surface area contributed by atoms with Crippen molar-refractivity contribution in [1.82, 2.24) is 20.0 Å². The molecule has 1 saturated heterocycles. The van der Waals surface area contributed by atoms with Crippen LogP contribution in [0.5, 0.6) is 0 Å². The number of nitrogens with zero attached hydrogens (tertiary/aromatic N) is 3. The van der Waals surface area contributed by atoms with Crippen molar-refractivity contribution >= 4 is 5.91 Å². The van der Waals surface area contributed by atoms with Crippen LogP contribution in [0.1, 0.15) is 42.4 Å². The van der Waals surface area contributed by atoms with Gasteiger partial charge in [-0.25, -0.2) is 0 Å². The topological polar surface area (TPSA) is 50.2 Å². The molecule has 0 atom stereocenters. The number of hydrogen-bond acceptors (Lipinski definition) is 3. The lowest BCUT2D eigenvalue weighted by molar-refractivity contribution is 0.0773. The van der Waals surface area contributed by atoms with Crippen LogP contribution >= 0.6 is 0 Å². The van der Waals surface area contributed by atoms with Gasteiger partial charge < -0.3 is 10.2 Å². The molecule has 1 aliphatic heterocycles. The monoisotopic (exact) mass is 278 g/mol. The smallest absolute Gasteiger partial charge is 0.271 e. The molecule has 0 radical (unpaired) electrons. The minimum Gasteiger partial charge on any atom is -0.340 e. The second-order valence-electron chi connectivity index (χ2n) is 5.71. The first-order valence-corrected chi connectivity index (χ1v) is 7.61. The summed E-state index contributed by atoms with van der Waals surface area (Å²) in [7, 11) is 3.73. The summed E-state index contributed by atoms with van der Waals surface area (Å²) in [5, 5.41) is 7.72. The van der Waals surface area contributed by atoms with Crippen molar-refractivity contribution in [2.75, 3.05) is 26.7 Å². The predicted octanol–water partition coefficient (Wildman–Crippen LogP) is 1.44. The van der Waals surface area contributed by atoms with Gasteiger partial charge in [-0.2, -0.15) is 5.10 Å². The van der Waals surface area contributed by atoms with Crippen LogP contribution in [0, 0.1) is 5.92 Å². The SMILES string of the molecule is CCc1cc(C(=O)N(C)CCC2CCNCC2)n(C)n1. The Balaban J connectivity index is 1.88. The molecule has 5 heteroatoms. The molecule has 0 bridgehead atoms. The third-order valence-corrected chi connectivity index (χ3v) is 4.19. The first-order chi connectivity index (χ1) is 9.61. The molecule has 0 saturated carbocycles. The molecule has 0 unspecified atom stereocenters. The van der Waals surface area contributed by atoms with Crippen LogP contribution in [0.3, 0.4) is 0 Å². The summed E-state index contributed by atoms with van der Waals surface area (Å²) < 4.78 is 1.70. The summed E-state index contributed by atoms with van der Waals surface area (Å²) in [5.74, 6) is 0.831. The van der Waals surface area contributed by atoms with Crippen molar-refractivity contribution in [3.63, 3.8) is 0 Å². The fraction of sp³-hybridized carbons (Fsp3) is 0.733. The van der Waals surface area contributed by atoms with Gasteiger partial charge in [0.1, 0.15) is 5.69 Å². The summed E-state index contributed by atoms with van der Waals surface area (Å²) in [4.78, 5) is 14.3. The molecule has 1 aromatic rings. The number of hydrogen-bond donors (Lipinski definition) is 1. The highest BCUT2D eigenvalue weighted by atomic mass is 16.2. The molecular weight excluding hydrogens is 252 g/mol. The van der Waals surface area contributed by atoms with E-state index in [0.29, 0.717) is 5.69 Å². The predicted molar refractivity (Wildman–Crippen MR) is 79.8 cm³/mol. The van der Waals surface area contributed by atoms with E-state index in [1.54, 1.807) is 4.68 Å². The van der Waals surface area contributed by atoms with Gasteiger partial charge in [0.15, 0.2) is 0 Å². The van der Waals surface area contributed by atoms with Crippen molar-refractivity contribution in [2.45, 2.75) is 32.6 Å². The maximum Gasteiger partial charge on any atom is 0.271 e. The minimum absolute atomic E-state index is 0.0774. The van der Waals surface area contributed by atoms with E-state index in [2.05, 4.69) is 17.3 Å². The molecular formula is C15H26N4O. The fourth-order valence-corrected chi connectivity index (χ4v) is 2.74. The summed E-state index contributed by atoms with van der Waals surface area (Å²) in [6.45, 7) is 5.11. The van der Waals surface area contributed by atoms with Crippen molar-refractivity contribution < 1.29 is 4.79 Å². The second-order valence-corrected chi connectivity index (χ2v) is 5.71. The van der Waals surface area contributed by atoms with E-state index in [1.165, 1.54) is 12.8 Å². The summed E-state index contributed by atoms with van der Waals surface area (Å²) in [5.41, 5.74) is 1.66. The Bertz CT molecular complexity index is 449. The Morgan fingerprint density at radius 1 is 1.50 bits per heavy atom. The fourth-order valence-electron chi connectivity index (χ4n) is 2.74. The Labute approximate surface area is 121 Å². The lowest BCUT2D eigenvalue weighted by Crippen LogP contribution is -2.33. The lowest BCUT2D eigenvalue weighted by atomic mass is 9.94. The normalized spacial score (nSPS) is 16.4. The third kappa shape index (κ3) is 3.60. The van der Waals surface area contributed by atoms with Crippen LogP contribution in [-0.4, -0.2) is 47.3 Å². The average Bonchev–Trinajstić information content (AvgIpc) is 2.86. The van der Waals surface area contributed by atoms with Gasteiger partial charge in [0.25, 0.3) is 5.91 Å². The molecule has 0 spiro atoms. The second kappa shape index (κ2) is 6.88. The maximum absolute atomic E-state index is 12.4. The molecule has 0 aliphatic carbocycles. The number of rotatable bonds is 5. The van der Waals surface area contributed by atoms with Crippen molar-refractivity contribution in [1.29, 1.82) is 0 Å². The van der Waals surface area contributed by atoms with Gasteiger partial charge >= 0.3 is 0 Å². The van der Waals surface area contributed by atoms with Crippen molar-refractivity contribution in [3.05, 3.63) is 17.5 Å². The zero-order valence-corrected chi connectivity index (χ0v) is 12.9. The molecule has 2 heterocycles. The maximum atomic E-state index is 12.4. The highest BCUT2D eigenvalue weighted by molar-refractivity contribution is 5.92. The number of aryl methyl sites for hydroxylation is 2. The van der Waals surface area contributed by atoms with Crippen LogP contribution in [0.4, 0.5) is 0 Å². The van der Waals surface area contributed by atoms with Crippen molar-refractivity contribution in [3.8, 4) is 0 Å². The van der Waals surface area contributed by atoms with Gasteiger partial charge in [0, 0.05) is 20.6 Å². The number of amides is 1. The molecule has 1 amide bonds. The molecule has 5 nitrogen and oxygen atoms in total. The van der Waals surface area contributed by atoms with Gasteiger partial charge in [0.2, 0.25) is 0 Å². The molecule has 1 aliphatic rings. The van der Waals surface area contributed by atoms with Gasteiger partial charge in [-0.3, -0.25) is 9.48 Å². The van der Waals surface area contributed by atoms with Crippen LogP contribution in [-0.2, 0) is 13.5 Å². The summed E-state index contributed by atoms with van der Waals surface area (Å²) >= 11 is 0. The number of carbonyl (C=O) groups is 1. The van der Waals surface area contributed by atoms with Crippen LogP contribution in [0.25, 0.3) is 0 Å². The molecule has 2 rings (SSSR count). The van der Waals surface area contributed by atoms with Gasteiger partial charge in [-0.1, -0.05) is 6.92 Å². The van der Waals surface area contributed by atoms with E-state index < -0.39 is 0 Å². The zero-order valence-electron chi connectivity index (χ0n) is 12.9. The number of aromatic nitrogens is 2. The van der Waals surface area contributed by atoms with E-state index in [1.807, 2.05) is 25.1 Å². The van der Waals surface area contributed by atoms with E-state index >= 15 is 0 Å². The Kier molecular flexibility index (Phi) is 5.17. The van der Waals surface area contributed by atoms with E-state index in [0.717, 1.165) is 44.1 Å². The number of nitrogens with one attached hydrogen (secondary N) is 1. The molecule has 1 aromatic heterocycles. The van der Waals surface area contributed by atoms with Gasteiger partial charge in [-0.05, 0) is 50.8 Å². The Hall–Kier alpha value is -1.36. The number of carbonyl (C=O) groups excluding carboxylic acids is 1. The molecule has 0 aromatic carbocycles. The minimum atomic E-state index is 0.0774. The molecule has 1 N–H and O–H groups in total. The van der Waals surface area contributed by atoms with E-state index in [9.17, 15) is 4.79 Å². The first kappa shape index (κ1) is 15.0. The van der Waals surface area contributed by atoms with Crippen LogP contribution in [0.15, 0.2) is 6.07 Å². The van der Waals surface area contributed by atoms with Crippen molar-refractivity contribution in [2.24, 2.45) is 13.0 Å². The summed E-state index contributed by atoms with van der Waals surface area (Å²) in [6.07, 6.45) is 4.42. The van der Waals surface area contributed by atoms with E-state index in [4.69, 9.17) is 0 Å². The molecule has 20 heavy (non-hydrogen) atoms. The highest BCUT2D eigenvalue weighted by Gasteiger charge is 2.19. The van der Waals surface area contributed by atoms with E-state index in [-0.39, 0.29) is 5.91 Å². The quantitative estimate of drug-likeness (QED) is 0.887. The van der Waals surface area contributed by atoms with Gasteiger partial charge in [0.05, 0.1) is 5.69 Å². The van der Waals surface area contributed by atoms with Crippen LogP contribution < -0.4 is 5.32 Å². The largest absolute Gasteiger partial charge is 0.340 e. The van der Waals surface area contributed by atoms with Gasteiger partial charge in [-0.15, -0.1) is 0 Å². The van der Waals surface area contributed by atoms with Crippen LogP contribution in [0.2, 0.25) is 0 Å². The first-order valence-electron chi connectivity index (χ1n) is 7.61. The Morgan fingerprint density at radius 2 is 2.20 bits per heavy atom. The zero-order chi connectivity index (χ0) is 14.5. The molecule has 1 fully saturated rings. The molecule has 112 valence electrons. The Morgan fingerprint density at radius 3 is 2.80 bits per heavy atom. The highest BCUT2D eigenvalue weighted by Crippen LogP contribution is 2.16. The standard InChI is InChI=1S/C15H26N4O/c1-4-13-11-14(19(3)17-13)15(20)18(2)10-7-12-5-8-16-9-6-12/h11-12,16H,4-10H2,1-3H3. The average molecular weight is 278 g/mol. The number of piperidine rings is 1. The lowest BCUT2D eigenvalue weighted by Gasteiger charge is -2.25. The third-order valence-electron chi connectivity index (χ3n) is 4.19.